The van der Waals surface area contributed by atoms with Gasteiger partial charge in [0, 0.05) is 12.1 Å². The lowest BCUT2D eigenvalue weighted by Crippen LogP contribution is -2.43. The third kappa shape index (κ3) is 4.25. The first-order valence-electron chi connectivity index (χ1n) is 7.53. The van der Waals surface area contributed by atoms with Crippen LogP contribution in [0.15, 0.2) is 36.9 Å². The van der Waals surface area contributed by atoms with Gasteiger partial charge in [-0.2, -0.15) is 0 Å². The lowest BCUT2D eigenvalue weighted by Gasteiger charge is -2.21. The van der Waals surface area contributed by atoms with Gasteiger partial charge in [-0.3, -0.25) is 0 Å². The molecule has 1 aromatic rings. The van der Waals surface area contributed by atoms with Crippen molar-refractivity contribution in [3.05, 3.63) is 42.5 Å². The largest absolute Gasteiger partial charge is 0.496 e. The Morgan fingerprint density at radius 3 is 2.81 bits per heavy atom. The van der Waals surface area contributed by atoms with E-state index < -0.39 is 0 Å². The molecule has 1 aliphatic carbocycles. The van der Waals surface area contributed by atoms with Gasteiger partial charge >= 0.3 is 6.03 Å². The molecule has 21 heavy (non-hydrogen) atoms. The molecule has 4 nitrogen and oxygen atoms in total. The maximum Gasteiger partial charge on any atom is 0.315 e. The minimum atomic E-state index is -0.155. The lowest BCUT2D eigenvalue weighted by molar-refractivity contribution is 0.234. The van der Waals surface area contributed by atoms with Crippen LogP contribution in [0, 0.1) is 5.92 Å². The van der Waals surface area contributed by atoms with Gasteiger partial charge in [0.25, 0.3) is 0 Å². The number of amides is 2. The monoisotopic (exact) mass is 288 g/mol. The van der Waals surface area contributed by atoms with Crippen LogP contribution in [0.3, 0.4) is 0 Å². The van der Waals surface area contributed by atoms with Crippen LogP contribution < -0.4 is 15.4 Å². The normalized spacial score (nSPS) is 16.2. The third-order valence-corrected chi connectivity index (χ3v) is 4.09. The van der Waals surface area contributed by atoms with Crippen molar-refractivity contribution in [1.29, 1.82) is 0 Å². The molecule has 1 aromatic carbocycles. The first kappa shape index (κ1) is 15.4. The molecule has 1 aliphatic rings. The molecule has 0 radical (unpaired) electrons. The SMILES string of the molecule is C=C[C@H](NC(=O)NCc1ccccc1OC)C1CCCC1. The number of carbonyl (C=O) groups excluding carboxylic acids is 1. The highest BCUT2D eigenvalue weighted by atomic mass is 16.5. The summed E-state index contributed by atoms with van der Waals surface area (Å²) in [7, 11) is 1.63. The zero-order chi connectivity index (χ0) is 15.1. The van der Waals surface area contributed by atoms with Gasteiger partial charge in [0.15, 0.2) is 0 Å². The highest BCUT2D eigenvalue weighted by molar-refractivity contribution is 5.74. The molecule has 2 rings (SSSR count). The summed E-state index contributed by atoms with van der Waals surface area (Å²) in [5.41, 5.74) is 0.964. The Morgan fingerprint density at radius 2 is 2.14 bits per heavy atom. The Labute approximate surface area is 126 Å². The Kier molecular flexibility index (Phi) is 5.67. The molecular weight excluding hydrogens is 264 g/mol. The van der Waals surface area contributed by atoms with E-state index in [1.165, 1.54) is 25.7 Å². The number of hydrogen-bond acceptors (Lipinski definition) is 2. The van der Waals surface area contributed by atoms with Crippen LogP contribution >= 0.6 is 0 Å². The van der Waals surface area contributed by atoms with Gasteiger partial charge in [0.2, 0.25) is 0 Å². The maximum atomic E-state index is 12.0. The Hall–Kier alpha value is -1.97. The van der Waals surface area contributed by atoms with E-state index >= 15 is 0 Å². The number of carbonyl (C=O) groups is 1. The molecule has 4 heteroatoms. The number of nitrogens with one attached hydrogen (secondary N) is 2. The van der Waals surface area contributed by atoms with Crippen LogP contribution in [0.1, 0.15) is 31.2 Å². The number of methoxy groups -OCH3 is 1. The molecule has 0 spiro atoms. The molecule has 1 saturated carbocycles. The van der Waals surface area contributed by atoms with E-state index in [2.05, 4.69) is 17.2 Å². The summed E-state index contributed by atoms with van der Waals surface area (Å²) < 4.78 is 5.27. The zero-order valence-electron chi connectivity index (χ0n) is 12.6. The highest BCUT2D eigenvalue weighted by Gasteiger charge is 2.23. The molecule has 1 fully saturated rings. The van der Waals surface area contributed by atoms with E-state index in [0.717, 1.165) is 11.3 Å². The van der Waals surface area contributed by atoms with Gasteiger partial charge < -0.3 is 15.4 Å². The van der Waals surface area contributed by atoms with E-state index in [0.29, 0.717) is 12.5 Å². The number of hydrogen-bond donors (Lipinski definition) is 2. The average Bonchev–Trinajstić information content (AvgIpc) is 3.05. The molecule has 0 unspecified atom stereocenters. The van der Waals surface area contributed by atoms with E-state index in [9.17, 15) is 4.79 Å². The van der Waals surface area contributed by atoms with Crippen molar-refractivity contribution in [2.75, 3.05) is 7.11 Å². The standard InChI is InChI=1S/C17H24N2O2/c1-3-15(13-8-4-5-9-13)19-17(20)18-12-14-10-6-7-11-16(14)21-2/h3,6-7,10-11,13,15H,1,4-5,8-9,12H2,2H3,(H2,18,19,20)/t15-/m0/s1. The van der Waals surface area contributed by atoms with E-state index in [-0.39, 0.29) is 12.1 Å². The predicted octanol–water partition coefficient (Wildman–Crippen LogP) is 3.24. The first-order chi connectivity index (χ1) is 10.2. The van der Waals surface area contributed by atoms with Gasteiger partial charge in [-0.05, 0) is 24.8 Å². The van der Waals surface area contributed by atoms with Crippen molar-refractivity contribution < 1.29 is 9.53 Å². The molecule has 0 aromatic heterocycles. The molecule has 2 amide bonds. The zero-order valence-corrected chi connectivity index (χ0v) is 12.6. The van der Waals surface area contributed by atoms with Crippen molar-refractivity contribution in [1.82, 2.24) is 10.6 Å². The van der Waals surface area contributed by atoms with Crippen LogP contribution in [0.4, 0.5) is 4.79 Å². The van der Waals surface area contributed by atoms with Crippen LogP contribution in [0.25, 0.3) is 0 Å². The van der Waals surface area contributed by atoms with Gasteiger partial charge in [-0.25, -0.2) is 4.79 Å². The number of benzene rings is 1. The fourth-order valence-corrected chi connectivity index (χ4v) is 2.91. The Bertz CT molecular complexity index is 481. The molecule has 1 atom stereocenters. The average molecular weight is 288 g/mol. The second-order valence-electron chi connectivity index (χ2n) is 5.44. The number of ether oxygens (including phenoxy) is 1. The van der Waals surface area contributed by atoms with Crippen molar-refractivity contribution in [3.63, 3.8) is 0 Å². The number of urea groups is 1. The van der Waals surface area contributed by atoms with Gasteiger partial charge in [-0.1, -0.05) is 37.1 Å². The second-order valence-corrected chi connectivity index (χ2v) is 5.44. The lowest BCUT2D eigenvalue weighted by atomic mass is 9.98. The molecule has 0 saturated heterocycles. The topological polar surface area (TPSA) is 50.4 Å². The Balaban J connectivity index is 1.85. The van der Waals surface area contributed by atoms with E-state index in [4.69, 9.17) is 4.74 Å². The highest BCUT2D eigenvalue weighted by Crippen LogP contribution is 2.28. The molecule has 0 bridgehead atoms. The molecule has 114 valence electrons. The van der Waals surface area contributed by atoms with Crippen LogP contribution in [0.5, 0.6) is 5.75 Å². The molecular formula is C17H24N2O2. The van der Waals surface area contributed by atoms with Gasteiger partial charge in [0.1, 0.15) is 5.75 Å². The summed E-state index contributed by atoms with van der Waals surface area (Å²) in [6.45, 7) is 4.29. The third-order valence-electron chi connectivity index (χ3n) is 4.09. The van der Waals surface area contributed by atoms with Gasteiger partial charge in [0.05, 0.1) is 13.2 Å². The number of rotatable bonds is 6. The summed E-state index contributed by atoms with van der Waals surface area (Å²) in [6.07, 6.45) is 6.69. The predicted molar refractivity (Wildman–Crippen MR) is 84.3 cm³/mol. The maximum absolute atomic E-state index is 12.0. The summed E-state index contributed by atoms with van der Waals surface area (Å²) in [6, 6.07) is 7.59. The molecule has 0 aliphatic heterocycles. The number of para-hydroxylation sites is 1. The summed E-state index contributed by atoms with van der Waals surface area (Å²) in [4.78, 5) is 12.0. The fraction of sp³-hybridized carbons (Fsp3) is 0.471. The van der Waals surface area contributed by atoms with Crippen molar-refractivity contribution >= 4 is 6.03 Å². The minimum Gasteiger partial charge on any atom is -0.496 e. The van der Waals surface area contributed by atoms with E-state index in [1.54, 1.807) is 7.11 Å². The summed E-state index contributed by atoms with van der Waals surface area (Å²) in [5.74, 6) is 1.31. The summed E-state index contributed by atoms with van der Waals surface area (Å²) in [5, 5.41) is 5.89. The quantitative estimate of drug-likeness (QED) is 0.790. The van der Waals surface area contributed by atoms with Crippen LogP contribution in [-0.4, -0.2) is 19.2 Å². The second kappa shape index (κ2) is 7.72. The van der Waals surface area contributed by atoms with Crippen LogP contribution in [-0.2, 0) is 6.54 Å². The summed E-state index contributed by atoms with van der Waals surface area (Å²) >= 11 is 0. The molecule has 0 heterocycles. The smallest absolute Gasteiger partial charge is 0.315 e. The molecule has 2 N–H and O–H groups in total. The van der Waals surface area contributed by atoms with Crippen molar-refractivity contribution in [3.8, 4) is 5.75 Å². The van der Waals surface area contributed by atoms with Crippen molar-refractivity contribution in [2.24, 2.45) is 5.92 Å². The first-order valence-corrected chi connectivity index (χ1v) is 7.53. The Morgan fingerprint density at radius 1 is 1.43 bits per heavy atom. The fourth-order valence-electron chi connectivity index (χ4n) is 2.91. The van der Waals surface area contributed by atoms with Crippen LogP contribution in [0.2, 0.25) is 0 Å². The van der Waals surface area contributed by atoms with Gasteiger partial charge in [-0.15, -0.1) is 6.58 Å². The van der Waals surface area contributed by atoms with Crippen molar-refractivity contribution in [2.45, 2.75) is 38.3 Å². The van der Waals surface area contributed by atoms with E-state index in [1.807, 2.05) is 30.3 Å². The minimum absolute atomic E-state index is 0.0603.